The van der Waals surface area contributed by atoms with Crippen LogP contribution in [0.15, 0.2) is 24.3 Å². The first-order chi connectivity index (χ1) is 10.0. The summed E-state index contributed by atoms with van der Waals surface area (Å²) >= 11 is 13.7. The Kier molecular flexibility index (Phi) is 5.76. The Hall–Kier alpha value is -0.940. The second-order valence-corrected chi connectivity index (χ2v) is 6.71. The van der Waals surface area contributed by atoms with Gasteiger partial charge in [0, 0.05) is 17.5 Å². The van der Waals surface area contributed by atoms with E-state index in [1.165, 1.54) is 4.88 Å². The highest BCUT2D eigenvalue weighted by molar-refractivity contribution is 7.16. The molecule has 1 unspecified atom stereocenters. The summed E-state index contributed by atoms with van der Waals surface area (Å²) < 4.78 is 11.3. The van der Waals surface area contributed by atoms with Crippen LogP contribution in [0.1, 0.15) is 23.4 Å². The Bertz CT molecular complexity index is 616. The van der Waals surface area contributed by atoms with Crippen LogP contribution in [0.4, 0.5) is 0 Å². The van der Waals surface area contributed by atoms with E-state index in [1.807, 2.05) is 24.3 Å². The Morgan fingerprint density at radius 1 is 1.19 bits per heavy atom. The van der Waals surface area contributed by atoms with Gasteiger partial charge in [0.15, 0.2) is 11.5 Å². The standard InChI is InChI=1S/C15H17Cl2NO2S/c1-9(13-4-5-14(17)21-13)18-8-10-6-11(16)15(20-3)12(7-10)19-2/h4-7,9,18H,8H2,1-3H3. The number of halogens is 2. The smallest absolute Gasteiger partial charge is 0.179 e. The van der Waals surface area contributed by atoms with Gasteiger partial charge >= 0.3 is 0 Å². The van der Waals surface area contributed by atoms with Crippen molar-refractivity contribution in [3.05, 3.63) is 44.1 Å². The zero-order valence-electron chi connectivity index (χ0n) is 12.1. The number of rotatable bonds is 6. The topological polar surface area (TPSA) is 30.5 Å². The van der Waals surface area contributed by atoms with Crippen molar-refractivity contribution in [2.45, 2.75) is 19.5 Å². The van der Waals surface area contributed by atoms with Gasteiger partial charge in [0.1, 0.15) is 0 Å². The molecule has 6 heteroatoms. The molecule has 1 aromatic carbocycles. The fraction of sp³-hybridized carbons (Fsp3) is 0.333. The van der Waals surface area contributed by atoms with E-state index in [1.54, 1.807) is 25.6 Å². The molecule has 21 heavy (non-hydrogen) atoms. The first-order valence-corrected chi connectivity index (χ1v) is 8.01. The van der Waals surface area contributed by atoms with E-state index in [0.29, 0.717) is 23.1 Å². The van der Waals surface area contributed by atoms with Crippen LogP contribution >= 0.6 is 34.5 Å². The van der Waals surface area contributed by atoms with E-state index in [4.69, 9.17) is 32.7 Å². The molecule has 0 aliphatic heterocycles. The molecular formula is C15H17Cl2NO2S. The van der Waals surface area contributed by atoms with Gasteiger partial charge in [-0.1, -0.05) is 23.2 Å². The number of methoxy groups -OCH3 is 2. The number of hydrogen-bond acceptors (Lipinski definition) is 4. The van der Waals surface area contributed by atoms with Crippen LogP contribution in [0.2, 0.25) is 9.36 Å². The highest BCUT2D eigenvalue weighted by atomic mass is 35.5. The molecule has 1 heterocycles. The zero-order chi connectivity index (χ0) is 15.4. The number of hydrogen-bond donors (Lipinski definition) is 1. The lowest BCUT2D eigenvalue weighted by Gasteiger charge is -2.15. The zero-order valence-corrected chi connectivity index (χ0v) is 14.4. The predicted molar refractivity (Wildman–Crippen MR) is 89.1 cm³/mol. The van der Waals surface area contributed by atoms with Gasteiger partial charge in [0.05, 0.1) is 23.6 Å². The lowest BCUT2D eigenvalue weighted by molar-refractivity contribution is 0.354. The summed E-state index contributed by atoms with van der Waals surface area (Å²) in [6.45, 7) is 2.78. The summed E-state index contributed by atoms with van der Waals surface area (Å²) in [5, 5.41) is 3.98. The monoisotopic (exact) mass is 345 g/mol. The van der Waals surface area contributed by atoms with Gasteiger partial charge in [-0.05, 0) is 36.8 Å². The van der Waals surface area contributed by atoms with Crippen LogP contribution in [-0.4, -0.2) is 14.2 Å². The average Bonchev–Trinajstić information content (AvgIpc) is 2.90. The lowest BCUT2D eigenvalue weighted by atomic mass is 10.1. The number of benzene rings is 1. The largest absolute Gasteiger partial charge is 0.493 e. The van der Waals surface area contributed by atoms with Crippen molar-refractivity contribution in [1.29, 1.82) is 0 Å². The van der Waals surface area contributed by atoms with Crippen molar-refractivity contribution in [3.8, 4) is 11.5 Å². The van der Waals surface area contributed by atoms with Gasteiger partial charge in [0.2, 0.25) is 0 Å². The van der Waals surface area contributed by atoms with Crippen LogP contribution in [0, 0.1) is 0 Å². The molecule has 0 amide bonds. The first kappa shape index (κ1) is 16.4. The van der Waals surface area contributed by atoms with E-state index in [9.17, 15) is 0 Å². The minimum absolute atomic E-state index is 0.217. The molecule has 114 valence electrons. The Morgan fingerprint density at radius 2 is 1.95 bits per heavy atom. The molecule has 0 spiro atoms. The number of thiophene rings is 1. The first-order valence-electron chi connectivity index (χ1n) is 6.44. The van der Waals surface area contributed by atoms with E-state index in [0.717, 1.165) is 9.90 Å². The molecule has 2 aromatic rings. The fourth-order valence-corrected chi connectivity index (χ4v) is 3.40. The Morgan fingerprint density at radius 3 is 2.52 bits per heavy atom. The molecule has 3 nitrogen and oxygen atoms in total. The molecule has 0 bridgehead atoms. The van der Waals surface area contributed by atoms with E-state index in [2.05, 4.69) is 12.2 Å². The maximum absolute atomic E-state index is 6.20. The highest BCUT2D eigenvalue weighted by Crippen LogP contribution is 2.36. The summed E-state index contributed by atoms with van der Waals surface area (Å²) in [4.78, 5) is 1.20. The van der Waals surface area contributed by atoms with Crippen LogP contribution in [0.5, 0.6) is 11.5 Å². The minimum Gasteiger partial charge on any atom is -0.493 e. The molecule has 0 saturated carbocycles. The van der Waals surface area contributed by atoms with Gasteiger partial charge in [-0.15, -0.1) is 11.3 Å². The van der Waals surface area contributed by atoms with Crippen molar-refractivity contribution < 1.29 is 9.47 Å². The van der Waals surface area contributed by atoms with Gasteiger partial charge in [-0.25, -0.2) is 0 Å². The number of ether oxygens (including phenoxy) is 2. The molecule has 2 rings (SSSR count). The Balaban J connectivity index is 2.08. The maximum Gasteiger partial charge on any atom is 0.179 e. The Labute approximate surface area is 138 Å². The molecular weight excluding hydrogens is 329 g/mol. The third-order valence-corrected chi connectivity index (χ3v) is 4.82. The molecule has 0 aliphatic carbocycles. The van der Waals surface area contributed by atoms with Crippen LogP contribution in [-0.2, 0) is 6.54 Å². The van der Waals surface area contributed by atoms with Crippen molar-refractivity contribution >= 4 is 34.5 Å². The molecule has 0 aliphatic rings. The minimum atomic E-state index is 0.217. The average molecular weight is 346 g/mol. The van der Waals surface area contributed by atoms with Crippen molar-refractivity contribution in [2.75, 3.05) is 14.2 Å². The van der Waals surface area contributed by atoms with Gasteiger partial charge in [-0.2, -0.15) is 0 Å². The van der Waals surface area contributed by atoms with E-state index < -0.39 is 0 Å². The summed E-state index contributed by atoms with van der Waals surface area (Å²) in [6, 6.07) is 7.96. The third kappa shape index (κ3) is 4.04. The predicted octanol–water partition coefficient (Wildman–Crippen LogP) is 4.92. The van der Waals surface area contributed by atoms with Crippen molar-refractivity contribution in [1.82, 2.24) is 5.32 Å². The van der Waals surface area contributed by atoms with Crippen molar-refractivity contribution in [3.63, 3.8) is 0 Å². The second kappa shape index (κ2) is 7.36. The molecule has 1 atom stereocenters. The molecule has 0 fully saturated rings. The summed E-state index contributed by atoms with van der Waals surface area (Å²) in [5.41, 5.74) is 1.03. The van der Waals surface area contributed by atoms with Gasteiger partial charge < -0.3 is 14.8 Å². The fourth-order valence-electron chi connectivity index (χ4n) is 2.01. The maximum atomic E-state index is 6.20. The normalized spacial score (nSPS) is 12.2. The van der Waals surface area contributed by atoms with Crippen LogP contribution < -0.4 is 14.8 Å². The molecule has 1 aromatic heterocycles. The van der Waals surface area contributed by atoms with E-state index >= 15 is 0 Å². The van der Waals surface area contributed by atoms with Gasteiger partial charge in [0.25, 0.3) is 0 Å². The second-order valence-electron chi connectivity index (χ2n) is 4.56. The quantitative estimate of drug-likeness (QED) is 0.805. The molecule has 0 saturated heterocycles. The lowest BCUT2D eigenvalue weighted by Crippen LogP contribution is -2.17. The van der Waals surface area contributed by atoms with Gasteiger partial charge in [-0.3, -0.25) is 0 Å². The summed E-state index contributed by atoms with van der Waals surface area (Å²) in [7, 11) is 3.17. The van der Waals surface area contributed by atoms with Crippen LogP contribution in [0.3, 0.4) is 0 Å². The van der Waals surface area contributed by atoms with Crippen molar-refractivity contribution in [2.24, 2.45) is 0 Å². The highest BCUT2D eigenvalue weighted by Gasteiger charge is 2.12. The third-order valence-electron chi connectivity index (χ3n) is 3.13. The SMILES string of the molecule is COc1cc(CNC(C)c2ccc(Cl)s2)cc(Cl)c1OC. The molecule has 1 N–H and O–H groups in total. The van der Waals surface area contributed by atoms with Crippen LogP contribution in [0.25, 0.3) is 0 Å². The molecule has 0 radical (unpaired) electrons. The number of nitrogens with one attached hydrogen (secondary N) is 1. The van der Waals surface area contributed by atoms with E-state index in [-0.39, 0.29) is 6.04 Å². The summed E-state index contributed by atoms with van der Waals surface area (Å²) in [5.74, 6) is 1.19. The summed E-state index contributed by atoms with van der Waals surface area (Å²) in [6.07, 6.45) is 0.